The Morgan fingerprint density at radius 1 is 1.28 bits per heavy atom. The van der Waals surface area contributed by atoms with Gasteiger partial charge < -0.3 is 0 Å². The molecule has 0 bridgehead atoms. The van der Waals surface area contributed by atoms with Gasteiger partial charge in [0.2, 0.25) is 0 Å². The molecular weight excluding hydrogens is 383 g/mol. The summed E-state index contributed by atoms with van der Waals surface area (Å²) in [6, 6.07) is 6.36. The summed E-state index contributed by atoms with van der Waals surface area (Å²) in [7, 11) is 0. The van der Waals surface area contributed by atoms with E-state index in [4.69, 9.17) is 0 Å². The van der Waals surface area contributed by atoms with Crippen LogP contribution in [0, 0.1) is 17.2 Å². The number of rotatable bonds is 5. The van der Waals surface area contributed by atoms with E-state index < -0.39 is 0 Å². The number of anilines is 1. The van der Waals surface area contributed by atoms with Crippen LogP contribution >= 0.6 is 11.3 Å². The second-order valence-corrected chi connectivity index (χ2v) is 9.59. The summed E-state index contributed by atoms with van der Waals surface area (Å²) in [5, 5.41) is 5.63. The maximum Gasteiger partial charge on any atom is 0.158 e. The summed E-state index contributed by atoms with van der Waals surface area (Å²) >= 11 is 1.79. The SMILES string of the molecule is CCC(C)(C)C1CCc2sc3ncnc(NN=C(C)c4ccc(F)cc4)c3c2C1. The van der Waals surface area contributed by atoms with Crippen molar-refractivity contribution in [3.63, 3.8) is 0 Å². The second kappa shape index (κ2) is 7.82. The van der Waals surface area contributed by atoms with Crippen molar-refractivity contribution >= 4 is 33.1 Å². The molecule has 6 heteroatoms. The summed E-state index contributed by atoms with van der Waals surface area (Å²) in [5.41, 5.74) is 6.53. The van der Waals surface area contributed by atoms with Crippen LogP contribution in [0.5, 0.6) is 0 Å². The highest BCUT2D eigenvalue weighted by atomic mass is 32.1. The van der Waals surface area contributed by atoms with Crippen LogP contribution in [0.3, 0.4) is 0 Å². The number of nitrogens with zero attached hydrogens (tertiary/aromatic N) is 3. The zero-order valence-electron chi connectivity index (χ0n) is 17.4. The average Bonchev–Trinajstić information content (AvgIpc) is 3.11. The first-order valence-corrected chi connectivity index (χ1v) is 11.0. The third-order valence-corrected chi connectivity index (χ3v) is 7.65. The van der Waals surface area contributed by atoms with Crippen LogP contribution in [0.2, 0.25) is 0 Å². The third kappa shape index (κ3) is 3.90. The molecule has 0 radical (unpaired) electrons. The lowest BCUT2D eigenvalue weighted by Crippen LogP contribution is -2.28. The van der Waals surface area contributed by atoms with Crippen molar-refractivity contribution in [3.8, 4) is 0 Å². The quantitative estimate of drug-likeness (QED) is 0.402. The zero-order chi connectivity index (χ0) is 20.6. The van der Waals surface area contributed by atoms with E-state index in [1.54, 1.807) is 29.8 Å². The van der Waals surface area contributed by atoms with E-state index in [9.17, 15) is 4.39 Å². The monoisotopic (exact) mass is 410 g/mol. The molecule has 0 amide bonds. The van der Waals surface area contributed by atoms with Gasteiger partial charge in [0.15, 0.2) is 5.82 Å². The first kappa shape index (κ1) is 20.0. The molecule has 2 aromatic heterocycles. The largest absolute Gasteiger partial charge is 0.260 e. The third-order valence-electron chi connectivity index (χ3n) is 6.45. The Balaban J connectivity index is 1.67. The lowest BCUT2D eigenvalue weighted by atomic mass is 9.69. The molecular formula is C23H27FN4S. The van der Waals surface area contributed by atoms with Crippen LogP contribution in [0.15, 0.2) is 35.7 Å². The number of nitrogens with one attached hydrogen (secondary N) is 1. The first-order chi connectivity index (χ1) is 13.9. The van der Waals surface area contributed by atoms with Gasteiger partial charge in [0.25, 0.3) is 0 Å². The molecule has 1 aliphatic rings. The highest BCUT2D eigenvalue weighted by Crippen LogP contribution is 2.45. The molecule has 1 unspecified atom stereocenters. The van der Waals surface area contributed by atoms with E-state index in [1.807, 2.05) is 6.92 Å². The Labute approximate surface area is 175 Å². The Kier molecular flexibility index (Phi) is 5.38. The number of thiophene rings is 1. The van der Waals surface area contributed by atoms with Crippen molar-refractivity contribution in [2.75, 3.05) is 5.43 Å². The summed E-state index contributed by atoms with van der Waals surface area (Å²) in [6.45, 7) is 8.94. The molecule has 0 aliphatic heterocycles. The van der Waals surface area contributed by atoms with Gasteiger partial charge in [-0.2, -0.15) is 5.10 Å². The predicted octanol–water partition coefficient (Wildman–Crippen LogP) is 6.21. The van der Waals surface area contributed by atoms with Crippen LogP contribution in [-0.2, 0) is 12.8 Å². The van der Waals surface area contributed by atoms with Crippen molar-refractivity contribution in [1.82, 2.24) is 9.97 Å². The summed E-state index contributed by atoms with van der Waals surface area (Å²) in [6.07, 6.45) is 6.19. The predicted molar refractivity (Wildman–Crippen MR) is 119 cm³/mol. The zero-order valence-corrected chi connectivity index (χ0v) is 18.2. The van der Waals surface area contributed by atoms with Gasteiger partial charge >= 0.3 is 0 Å². The Bertz CT molecular complexity index is 1050. The van der Waals surface area contributed by atoms with E-state index in [0.29, 0.717) is 11.3 Å². The van der Waals surface area contributed by atoms with Gasteiger partial charge in [-0.05, 0) is 60.8 Å². The lowest BCUT2D eigenvalue weighted by molar-refractivity contribution is 0.184. The molecule has 1 aliphatic carbocycles. The molecule has 0 saturated carbocycles. The van der Waals surface area contributed by atoms with Gasteiger partial charge in [-0.1, -0.05) is 39.3 Å². The molecule has 0 fully saturated rings. The maximum atomic E-state index is 13.2. The number of hydrogen-bond acceptors (Lipinski definition) is 5. The molecule has 4 nitrogen and oxygen atoms in total. The minimum Gasteiger partial charge on any atom is -0.260 e. The minimum absolute atomic E-state index is 0.249. The van der Waals surface area contributed by atoms with Crippen LogP contribution in [0.4, 0.5) is 10.2 Å². The van der Waals surface area contributed by atoms with Gasteiger partial charge in [-0.25, -0.2) is 14.4 Å². The number of hydrogen-bond donors (Lipinski definition) is 1. The summed E-state index contributed by atoms with van der Waals surface area (Å²) in [4.78, 5) is 11.5. The van der Waals surface area contributed by atoms with E-state index in [2.05, 4.69) is 41.3 Å². The van der Waals surface area contributed by atoms with E-state index in [0.717, 1.165) is 40.2 Å². The fraction of sp³-hybridized carbons (Fsp3) is 0.435. The summed E-state index contributed by atoms with van der Waals surface area (Å²) < 4.78 is 13.2. The number of hydrazone groups is 1. The van der Waals surface area contributed by atoms with E-state index >= 15 is 0 Å². The molecule has 3 aromatic rings. The molecule has 152 valence electrons. The molecule has 0 saturated heterocycles. The van der Waals surface area contributed by atoms with Crippen LogP contribution in [0.1, 0.15) is 56.5 Å². The number of halogens is 1. The molecule has 0 spiro atoms. The van der Waals surface area contributed by atoms with Crippen molar-refractivity contribution in [2.24, 2.45) is 16.4 Å². The van der Waals surface area contributed by atoms with Gasteiger partial charge in [-0.3, -0.25) is 5.43 Å². The topological polar surface area (TPSA) is 50.2 Å². The molecule has 4 rings (SSSR count). The van der Waals surface area contributed by atoms with Crippen molar-refractivity contribution in [2.45, 2.75) is 53.4 Å². The molecule has 29 heavy (non-hydrogen) atoms. The van der Waals surface area contributed by atoms with Crippen LogP contribution in [-0.4, -0.2) is 15.7 Å². The highest BCUT2D eigenvalue weighted by Gasteiger charge is 2.33. The van der Waals surface area contributed by atoms with E-state index in [1.165, 1.54) is 35.4 Å². The Morgan fingerprint density at radius 2 is 2.03 bits per heavy atom. The fourth-order valence-corrected chi connectivity index (χ4v) is 5.22. The smallest absolute Gasteiger partial charge is 0.158 e. The van der Waals surface area contributed by atoms with Crippen molar-refractivity contribution in [3.05, 3.63) is 52.4 Å². The van der Waals surface area contributed by atoms with Gasteiger partial charge in [0, 0.05) is 4.88 Å². The Hall–Kier alpha value is -2.34. The molecule has 2 heterocycles. The standard InChI is InChI=1S/C23H27FN4S/c1-5-23(3,4)16-8-11-19-18(12-16)20-21(25-13-26-22(20)29-19)28-27-14(2)15-6-9-17(24)10-7-15/h6-7,9-10,13,16H,5,8,11-12H2,1-4H3,(H,25,26,28). The van der Waals surface area contributed by atoms with Gasteiger partial charge in [0.1, 0.15) is 17.0 Å². The van der Waals surface area contributed by atoms with Crippen LogP contribution < -0.4 is 5.43 Å². The normalized spacial score (nSPS) is 17.4. The number of fused-ring (bicyclic) bond motifs is 3. The van der Waals surface area contributed by atoms with Crippen molar-refractivity contribution in [1.29, 1.82) is 0 Å². The minimum atomic E-state index is -0.249. The summed E-state index contributed by atoms with van der Waals surface area (Å²) in [5.74, 6) is 1.17. The molecule has 1 N–H and O–H groups in total. The fourth-order valence-electron chi connectivity index (χ4n) is 4.04. The number of aryl methyl sites for hydroxylation is 1. The van der Waals surface area contributed by atoms with Crippen LogP contribution in [0.25, 0.3) is 10.2 Å². The lowest BCUT2D eigenvalue weighted by Gasteiger charge is -2.36. The molecule has 1 aromatic carbocycles. The second-order valence-electron chi connectivity index (χ2n) is 8.50. The number of benzene rings is 1. The highest BCUT2D eigenvalue weighted by molar-refractivity contribution is 7.19. The van der Waals surface area contributed by atoms with Crippen molar-refractivity contribution < 1.29 is 4.39 Å². The maximum absolute atomic E-state index is 13.2. The molecule has 1 atom stereocenters. The Morgan fingerprint density at radius 3 is 2.76 bits per heavy atom. The average molecular weight is 411 g/mol. The van der Waals surface area contributed by atoms with E-state index in [-0.39, 0.29) is 5.82 Å². The van der Waals surface area contributed by atoms with Gasteiger partial charge in [-0.15, -0.1) is 11.3 Å². The first-order valence-electron chi connectivity index (χ1n) is 10.2. The number of aromatic nitrogens is 2. The van der Waals surface area contributed by atoms with Gasteiger partial charge in [0.05, 0.1) is 11.1 Å².